The quantitative estimate of drug-likeness (QED) is 0.766. The van der Waals surface area contributed by atoms with Crippen LogP contribution in [0.1, 0.15) is 24.8 Å². The molecule has 0 N–H and O–H groups in total. The van der Waals surface area contributed by atoms with Crippen molar-refractivity contribution in [3.63, 3.8) is 0 Å². The lowest BCUT2D eigenvalue weighted by molar-refractivity contribution is -0.00863. The zero-order chi connectivity index (χ0) is 17.6. The molecule has 0 aliphatic carbocycles. The van der Waals surface area contributed by atoms with Crippen molar-refractivity contribution in [1.82, 2.24) is 4.90 Å². The summed E-state index contributed by atoms with van der Waals surface area (Å²) in [7, 11) is 0. The molecule has 1 aliphatic rings. The molecule has 0 radical (unpaired) electrons. The minimum atomic E-state index is -0.505. The molecule has 1 saturated heterocycles. The van der Waals surface area contributed by atoms with Crippen molar-refractivity contribution in [3.8, 4) is 5.75 Å². The van der Waals surface area contributed by atoms with Gasteiger partial charge in [0.1, 0.15) is 18.2 Å². The van der Waals surface area contributed by atoms with E-state index in [4.69, 9.17) is 21.1 Å². The summed E-state index contributed by atoms with van der Waals surface area (Å²) in [5.74, 6) is 0.215. The maximum absolute atomic E-state index is 13.8. The van der Waals surface area contributed by atoms with Gasteiger partial charge in [0.25, 0.3) is 0 Å². The van der Waals surface area contributed by atoms with Gasteiger partial charge in [0, 0.05) is 23.6 Å². The van der Waals surface area contributed by atoms with Crippen molar-refractivity contribution in [1.29, 1.82) is 0 Å². The third-order valence-corrected chi connectivity index (χ3v) is 4.30. The summed E-state index contributed by atoms with van der Waals surface area (Å²) in [5, 5.41) is 0.305. The first-order chi connectivity index (χ1) is 12.1. The van der Waals surface area contributed by atoms with Crippen LogP contribution in [0.2, 0.25) is 5.02 Å². The highest BCUT2D eigenvalue weighted by Crippen LogP contribution is 2.23. The van der Waals surface area contributed by atoms with Gasteiger partial charge < -0.3 is 9.47 Å². The number of carbonyl (C=O) groups is 1. The van der Waals surface area contributed by atoms with Gasteiger partial charge in [-0.1, -0.05) is 35.9 Å². The fourth-order valence-electron chi connectivity index (χ4n) is 2.75. The molecular weight excluding hydrogens is 345 g/mol. The zero-order valence-corrected chi connectivity index (χ0v) is 14.4. The topological polar surface area (TPSA) is 38.8 Å². The van der Waals surface area contributed by atoms with Gasteiger partial charge in [-0.05, 0) is 37.1 Å². The Bertz CT molecular complexity index is 726. The molecule has 25 heavy (non-hydrogen) atoms. The average molecular weight is 364 g/mol. The molecule has 1 aliphatic heterocycles. The van der Waals surface area contributed by atoms with E-state index in [9.17, 15) is 9.18 Å². The molecule has 0 saturated carbocycles. The Kier molecular flexibility index (Phi) is 5.76. The van der Waals surface area contributed by atoms with E-state index in [1.54, 1.807) is 11.0 Å². The molecule has 132 valence electrons. The van der Waals surface area contributed by atoms with E-state index < -0.39 is 11.9 Å². The first-order valence-electron chi connectivity index (χ1n) is 8.22. The van der Waals surface area contributed by atoms with Crippen molar-refractivity contribution in [2.45, 2.75) is 32.1 Å². The lowest BCUT2D eigenvalue weighted by Gasteiger charge is -2.34. The number of para-hydroxylation sites is 1. The van der Waals surface area contributed by atoms with Crippen molar-refractivity contribution in [2.24, 2.45) is 0 Å². The van der Waals surface area contributed by atoms with Gasteiger partial charge in [0.05, 0.1) is 0 Å². The summed E-state index contributed by atoms with van der Waals surface area (Å²) >= 11 is 5.73. The highest BCUT2D eigenvalue weighted by molar-refractivity contribution is 6.30. The summed E-state index contributed by atoms with van der Waals surface area (Å²) < 4.78 is 25.0. The Balaban J connectivity index is 1.62. The Morgan fingerprint density at radius 3 is 2.76 bits per heavy atom. The van der Waals surface area contributed by atoms with Gasteiger partial charge in [0.2, 0.25) is 0 Å². The van der Waals surface area contributed by atoms with Crippen molar-refractivity contribution >= 4 is 17.7 Å². The number of amides is 1. The average Bonchev–Trinajstić information content (AvgIpc) is 2.62. The number of benzene rings is 2. The smallest absolute Gasteiger partial charge is 0.413 e. The van der Waals surface area contributed by atoms with Gasteiger partial charge >= 0.3 is 6.09 Å². The van der Waals surface area contributed by atoms with Crippen molar-refractivity contribution < 1.29 is 18.7 Å². The van der Waals surface area contributed by atoms with Gasteiger partial charge in [-0.15, -0.1) is 0 Å². The number of nitrogens with zero attached hydrogens (tertiary/aromatic N) is 1. The minimum Gasteiger partial charge on any atom is -0.470 e. The highest BCUT2D eigenvalue weighted by Gasteiger charge is 2.29. The fraction of sp³-hybridized carbons (Fsp3) is 0.316. The lowest BCUT2D eigenvalue weighted by Crippen LogP contribution is -2.47. The molecule has 1 fully saturated rings. The van der Waals surface area contributed by atoms with Crippen LogP contribution >= 0.6 is 11.6 Å². The summed E-state index contributed by atoms with van der Waals surface area (Å²) in [6.45, 7) is 0.413. The number of ether oxygens (including phenoxy) is 2. The Morgan fingerprint density at radius 2 is 2.00 bits per heavy atom. The summed E-state index contributed by atoms with van der Waals surface area (Å²) in [4.78, 5) is 14.0. The van der Waals surface area contributed by atoms with E-state index in [-0.39, 0.29) is 18.4 Å². The molecule has 2 aromatic carbocycles. The lowest BCUT2D eigenvalue weighted by atomic mass is 10.1. The molecule has 0 aromatic heterocycles. The van der Waals surface area contributed by atoms with Crippen LogP contribution in [0.5, 0.6) is 5.75 Å². The second-order valence-electron chi connectivity index (χ2n) is 5.87. The molecule has 6 heteroatoms. The molecule has 3 rings (SSSR count). The van der Waals surface area contributed by atoms with Gasteiger partial charge in [0.15, 0.2) is 6.23 Å². The molecule has 2 aromatic rings. The van der Waals surface area contributed by atoms with Crippen LogP contribution in [0.15, 0.2) is 48.5 Å². The van der Waals surface area contributed by atoms with Crippen molar-refractivity contribution in [3.05, 3.63) is 64.9 Å². The number of likely N-dealkylation sites (tertiary alicyclic amines) is 1. The van der Waals surface area contributed by atoms with Crippen LogP contribution in [0, 0.1) is 5.82 Å². The zero-order valence-electron chi connectivity index (χ0n) is 13.7. The first kappa shape index (κ1) is 17.5. The molecule has 1 heterocycles. The van der Waals surface area contributed by atoms with Crippen LogP contribution < -0.4 is 4.74 Å². The maximum atomic E-state index is 13.8. The predicted molar refractivity (Wildman–Crippen MR) is 93.0 cm³/mol. The number of carbonyl (C=O) groups excluding carboxylic acids is 1. The van der Waals surface area contributed by atoms with E-state index in [1.807, 2.05) is 30.3 Å². The third kappa shape index (κ3) is 4.63. The van der Waals surface area contributed by atoms with Crippen LogP contribution in [0.3, 0.4) is 0 Å². The highest BCUT2D eigenvalue weighted by atomic mass is 35.5. The summed E-state index contributed by atoms with van der Waals surface area (Å²) in [5.41, 5.74) is 0.287. The standard InChI is InChI=1S/C19H19ClFNO3/c20-15-10-9-14(17(21)12-15)13-24-19(23)22-11-5-4-8-18(22)25-16-6-2-1-3-7-16/h1-3,6-7,9-10,12,18H,4-5,8,11,13H2. The third-order valence-electron chi connectivity index (χ3n) is 4.06. The number of halogens is 2. The molecule has 1 unspecified atom stereocenters. The molecular formula is C19H19ClFNO3. The van der Waals surface area contributed by atoms with E-state index in [2.05, 4.69) is 0 Å². The fourth-order valence-corrected chi connectivity index (χ4v) is 2.91. The molecule has 0 spiro atoms. The maximum Gasteiger partial charge on any atom is 0.413 e. The number of hydrogen-bond donors (Lipinski definition) is 0. The van der Waals surface area contributed by atoms with E-state index >= 15 is 0 Å². The monoisotopic (exact) mass is 363 g/mol. The molecule has 4 nitrogen and oxygen atoms in total. The minimum absolute atomic E-state index is 0.142. The van der Waals surface area contributed by atoms with Gasteiger partial charge in [-0.3, -0.25) is 4.90 Å². The largest absolute Gasteiger partial charge is 0.470 e. The first-order valence-corrected chi connectivity index (χ1v) is 8.60. The van der Waals surface area contributed by atoms with Gasteiger partial charge in [-0.2, -0.15) is 0 Å². The Hall–Kier alpha value is -2.27. The Labute approximate surface area is 151 Å². The Morgan fingerprint density at radius 1 is 1.20 bits per heavy atom. The van der Waals surface area contributed by atoms with Crippen LogP contribution in [0.25, 0.3) is 0 Å². The van der Waals surface area contributed by atoms with Crippen LogP contribution in [-0.2, 0) is 11.3 Å². The second-order valence-corrected chi connectivity index (χ2v) is 6.30. The summed E-state index contributed by atoms with van der Waals surface area (Å²) in [6.07, 6.45) is 1.72. The normalized spacial score (nSPS) is 17.2. The second kappa shape index (κ2) is 8.21. The predicted octanol–water partition coefficient (Wildman–Crippen LogP) is 5.01. The molecule has 1 amide bonds. The number of hydrogen-bond acceptors (Lipinski definition) is 3. The molecule has 0 bridgehead atoms. The van der Waals surface area contributed by atoms with E-state index in [0.717, 1.165) is 19.3 Å². The van der Waals surface area contributed by atoms with Gasteiger partial charge in [-0.25, -0.2) is 9.18 Å². The number of piperidine rings is 1. The van der Waals surface area contributed by atoms with Crippen molar-refractivity contribution in [2.75, 3.05) is 6.54 Å². The van der Waals surface area contributed by atoms with E-state index in [1.165, 1.54) is 12.1 Å². The van der Waals surface area contributed by atoms with E-state index in [0.29, 0.717) is 17.3 Å². The van der Waals surface area contributed by atoms with Crippen LogP contribution in [-0.4, -0.2) is 23.8 Å². The molecule has 1 atom stereocenters. The van der Waals surface area contributed by atoms with Crippen LogP contribution in [0.4, 0.5) is 9.18 Å². The SMILES string of the molecule is O=C(OCc1ccc(Cl)cc1F)N1CCCCC1Oc1ccccc1. The summed E-state index contributed by atoms with van der Waals surface area (Å²) in [6, 6.07) is 13.6. The number of rotatable bonds is 4.